The van der Waals surface area contributed by atoms with Gasteiger partial charge in [0, 0.05) is 45.3 Å². The average Bonchev–Trinajstić information content (AvgIpc) is 3.21. The lowest BCUT2D eigenvalue weighted by atomic mass is 10.0. The summed E-state index contributed by atoms with van der Waals surface area (Å²) in [4.78, 5) is 39.3. The van der Waals surface area contributed by atoms with E-state index in [1.165, 1.54) is 0 Å². The molecule has 0 bridgehead atoms. The van der Waals surface area contributed by atoms with Gasteiger partial charge < -0.3 is 24.2 Å². The first-order valence-corrected chi connectivity index (χ1v) is 11.9. The first-order valence-electron chi connectivity index (χ1n) is 10.7. The molecule has 2 fully saturated rings. The summed E-state index contributed by atoms with van der Waals surface area (Å²) in [6.07, 6.45) is 5.06. The second kappa shape index (κ2) is 9.93. The van der Waals surface area contributed by atoms with E-state index in [0.29, 0.717) is 19.5 Å². The molecule has 0 radical (unpaired) electrons. The summed E-state index contributed by atoms with van der Waals surface area (Å²) in [5.41, 5.74) is -0.539. The van der Waals surface area contributed by atoms with Gasteiger partial charge in [0.1, 0.15) is 16.7 Å². The lowest BCUT2D eigenvalue weighted by Crippen LogP contribution is -2.47. The predicted octanol–water partition coefficient (Wildman–Crippen LogP) is 3.25. The number of aromatic nitrogens is 2. The van der Waals surface area contributed by atoms with Crippen molar-refractivity contribution in [2.75, 3.05) is 44.4 Å². The molecule has 2 amide bonds. The maximum Gasteiger partial charge on any atom is 0.410 e. The van der Waals surface area contributed by atoms with Crippen molar-refractivity contribution in [2.24, 2.45) is 0 Å². The third kappa shape index (κ3) is 6.38. The van der Waals surface area contributed by atoms with Crippen LogP contribution in [0.2, 0.25) is 0 Å². The fraction of sp³-hybridized carbons (Fsp3) is 0.714. The Kier molecular flexibility index (Phi) is 7.51. The number of hydrogen-bond acceptors (Lipinski definition) is 8. The molecule has 0 aromatic carbocycles. The molecule has 2 saturated heterocycles. The van der Waals surface area contributed by atoms with Crippen LogP contribution in [-0.2, 0) is 9.47 Å². The quantitative estimate of drug-likeness (QED) is 0.509. The summed E-state index contributed by atoms with van der Waals surface area (Å²) in [5.74, 6) is 0.740. The van der Waals surface area contributed by atoms with Crippen LogP contribution in [-0.4, -0.2) is 89.2 Å². The lowest BCUT2D eigenvalue weighted by molar-refractivity contribution is 0.0234. The van der Waals surface area contributed by atoms with Gasteiger partial charge in [-0.3, -0.25) is 0 Å². The SMILES string of the molecule is CSc1ccnc(N2CCC(N(C)C(=O)OC3CCN(C(=O)OC(C)(C)C)C3)CC2)n1. The van der Waals surface area contributed by atoms with E-state index in [-0.39, 0.29) is 24.3 Å². The smallest absolute Gasteiger partial charge is 0.410 e. The first-order chi connectivity index (χ1) is 14.7. The largest absolute Gasteiger partial charge is 0.444 e. The zero-order chi connectivity index (χ0) is 22.6. The molecule has 1 aromatic rings. The van der Waals surface area contributed by atoms with Crippen molar-refractivity contribution < 1.29 is 19.1 Å². The summed E-state index contributed by atoms with van der Waals surface area (Å²) < 4.78 is 11.1. The third-order valence-corrected chi connectivity index (χ3v) is 6.12. The number of nitrogens with zero attached hydrogens (tertiary/aromatic N) is 5. The summed E-state index contributed by atoms with van der Waals surface area (Å²) in [7, 11) is 1.79. The second-order valence-electron chi connectivity index (χ2n) is 8.95. The van der Waals surface area contributed by atoms with Crippen LogP contribution in [0, 0.1) is 0 Å². The zero-order valence-corrected chi connectivity index (χ0v) is 19.9. The topological polar surface area (TPSA) is 88.1 Å². The Hall–Kier alpha value is -2.23. The molecule has 2 aliphatic rings. The highest BCUT2D eigenvalue weighted by atomic mass is 32.2. The maximum atomic E-state index is 12.7. The third-order valence-electron chi connectivity index (χ3n) is 5.47. The number of rotatable bonds is 4. The van der Waals surface area contributed by atoms with Crippen LogP contribution < -0.4 is 4.90 Å². The number of likely N-dealkylation sites (tertiary alicyclic amines) is 1. The van der Waals surface area contributed by atoms with Crippen LogP contribution in [0.5, 0.6) is 0 Å². The molecule has 3 rings (SSSR count). The van der Waals surface area contributed by atoms with Crippen molar-refractivity contribution in [1.82, 2.24) is 19.8 Å². The number of hydrogen-bond donors (Lipinski definition) is 0. The van der Waals surface area contributed by atoms with Crippen molar-refractivity contribution in [3.63, 3.8) is 0 Å². The molecule has 2 aliphatic heterocycles. The van der Waals surface area contributed by atoms with Gasteiger partial charge in [0.2, 0.25) is 5.95 Å². The normalized spacial score (nSPS) is 20.0. The number of ether oxygens (including phenoxy) is 2. The van der Waals surface area contributed by atoms with E-state index in [2.05, 4.69) is 14.9 Å². The van der Waals surface area contributed by atoms with Crippen LogP contribution in [0.25, 0.3) is 0 Å². The number of anilines is 1. The molecular weight excluding hydrogens is 418 g/mol. The highest BCUT2D eigenvalue weighted by molar-refractivity contribution is 7.98. The van der Waals surface area contributed by atoms with E-state index in [1.54, 1.807) is 34.8 Å². The molecule has 31 heavy (non-hydrogen) atoms. The molecule has 1 aromatic heterocycles. The fourth-order valence-corrected chi connectivity index (χ4v) is 4.11. The number of piperidine rings is 1. The van der Waals surface area contributed by atoms with Gasteiger partial charge in [-0.1, -0.05) is 0 Å². The van der Waals surface area contributed by atoms with Crippen LogP contribution in [0.15, 0.2) is 17.3 Å². The van der Waals surface area contributed by atoms with E-state index in [0.717, 1.165) is 36.9 Å². The fourth-order valence-electron chi connectivity index (χ4n) is 3.74. The van der Waals surface area contributed by atoms with Gasteiger partial charge in [-0.05, 0) is 45.9 Å². The second-order valence-corrected chi connectivity index (χ2v) is 9.78. The zero-order valence-electron chi connectivity index (χ0n) is 19.0. The van der Waals surface area contributed by atoms with E-state index < -0.39 is 5.60 Å². The molecule has 9 nitrogen and oxygen atoms in total. The summed E-state index contributed by atoms with van der Waals surface area (Å²) in [5, 5.41) is 0.949. The molecule has 172 valence electrons. The Labute approximate surface area is 188 Å². The van der Waals surface area contributed by atoms with E-state index in [9.17, 15) is 9.59 Å². The Morgan fingerprint density at radius 2 is 1.90 bits per heavy atom. The molecular formula is C21H33N5O4S. The van der Waals surface area contributed by atoms with E-state index >= 15 is 0 Å². The van der Waals surface area contributed by atoms with Crippen molar-refractivity contribution in [2.45, 2.75) is 62.8 Å². The lowest BCUT2D eigenvalue weighted by Gasteiger charge is -2.36. The van der Waals surface area contributed by atoms with Gasteiger partial charge in [0.25, 0.3) is 0 Å². The molecule has 0 N–H and O–H groups in total. The predicted molar refractivity (Wildman–Crippen MR) is 120 cm³/mol. The van der Waals surface area contributed by atoms with Crippen LogP contribution >= 0.6 is 11.8 Å². The van der Waals surface area contributed by atoms with Gasteiger partial charge in [0.05, 0.1) is 6.54 Å². The van der Waals surface area contributed by atoms with Crippen molar-refractivity contribution in [3.8, 4) is 0 Å². The van der Waals surface area contributed by atoms with Gasteiger partial charge >= 0.3 is 12.2 Å². The minimum atomic E-state index is -0.539. The summed E-state index contributed by atoms with van der Waals surface area (Å²) in [6, 6.07) is 2.01. The Morgan fingerprint density at radius 1 is 1.19 bits per heavy atom. The number of carbonyl (C=O) groups excluding carboxylic acids is 2. The maximum absolute atomic E-state index is 12.7. The molecule has 3 heterocycles. The molecule has 10 heteroatoms. The highest BCUT2D eigenvalue weighted by Gasteiger charge is 2.34. The molecule has 1 atom stereocenters. The van der Waals surface area contributed by atoms with Gasteiger partial charge in [-0.15, -0.1) is 11.8 Å². The van der Waals surface area contributed by atoms with Crippen molar-refractivity contribution in [1.29, 1.82) is 0 Å². The monoisotopic (exact) mass is 451 g/mol. The molecule has 1 unspecified atom stereocenters. The summed E-state index contributed by atoms with van der Waals surface area (Å²) >= 11 is 1.60. The average molecular weight is 452 g/mol. The number of carbonyl (C=O) groups is 2. The standard InChI is InChI=1S/C21H33N5O4S/c1-21(2,3)30-20(28)26-13-9-16(14-26)29-19(27)24(4)15-7-11-25(12-8-15)18-22-10-6-17(23-18)31-5/h6,10,15-16H,7-9,11-14H2,1-5H3. The summed E-state index contributed by atoms with van der Waals surface area (Å²) in [6.45, 7) is 7.99. The highest BCUT2D eigenvalue weighted by Crippen LogP contribution is 2.23. The van der Waals surface area contributed by atoms with Gasteiger partial charge in [0.15, 0.2) is 0 Å². The Balaban J connectivity index is 1.45. The van der Waals surface area contributed by atoms with E-state index in [4.69, 9.17) is 9.47 Å². The van der Waals surface area contributed by atoms with Gasteiger partial charge in [-0.2, -0.15) is 0 Å². The van der Waals surface area contributed by atoms with Gasteiger partial charge in [-0.25, -0.2) is 19.6 Å². The minimum Gasteiger partial charge on any atom is -0.444 e. The molecule has 0 aliphatic carbocycles. The number of thioether (sulfide) groups is 1. The first kappa shape index (κ1) is 23.4. The van der Waals surface area contributed by atoms with E-state index in [1.807, 2.05) is 33.1 Å². The van der Waals surface area contributed by atoms with Crippen molar-refractivity contribution in [3.05, 3.63) is 12.3 Å². The Bertz CT molecular complexity index is 779. The number of amides is 2. The molecule has 0 saturated carbocycles. The van der Waals surface area contributed by atoms with Crippen LogP contribution in [0.1, 0.15) is 40.0 Å². The van der Waals surface area contributed by atoms with Crippen LogP contribution in [0.4, 0.5) is 15.5 Å². The van der Waals surface area contributed by atoms with Crippen LogP contribution in [0.3, 0.4) is 0 Å². The Morgan fingerprint density at radius 3 is 2.55 bits per heavy atom. The molecule has 0 spiro atoms. The van der Waals surface area contributed by atoms with Crippen molar-refractivity contribution >= 4 is 29.9 Å². The minimum absolute atomic E-state index is 0.107.